The number of nitrogens with zero attached hydrogens (tertiary/aromatic N) is 3. The number of piperidine rings is 1. The van der Waals surface area contributed by atoms with E-state index >= 15 is 0 Å². The van der Waals surface area contributed by atoms with Crippen LogP contribution in [0.15, 0.2) is 6.20 Å². The highest BCUT2D eigenvalue weighted by Gasteiger charge is 2.26. The maximum Gasteiger partial charge on any atom is 0.303 e. The molecule has 1 aliphatic heterocycles. The SMILES string of the molecule is O=C(O)CC1CCCN(C(=O)c2cn[nH]n2)C1. The molecule has 7 nitrogen and oxygen atoms in total. The molecule has 1 amide bonds. The van der Waals surface area contributed by atoms with Gasteiger partial charge in [0, 0.05) is 19.5 Å². The van der Waals surface area contributed by atoms with Gasteiger partial charge in [0.2, 0.25) is 0 Å². The zero-order valence-electron chi connectivity index (χ0n) is 9.30. The van der Waals surface area contributed by atoms with Crippen molar-refractivity contribution in [2.24, 2.45) is 5.92 Å². The molecule has 1 unspecified atom stereocenters. The van der Waals surface area contributed by atoms with E-state index in [4.69, 9.17) is 5.11 Å². The van der Waals surface area contributed by atoms with Gasteiger partial charge in [-0.25, -0.2) is 0 Å². The minimum atomic E-state index is -0.814. The lowest BCUT2D eigenvalue weighted by molar-refractivity contribution is -0.138. The Morgan fingerprint density at radius 2 is 2.41 bits per heavy atom. The number of aliphatic carboxylic acids is 1. The maximum atomic E-state index is 11.9. The minimum Gasteiger partial charge on any atom is -0.481 e. The number of H-pyrrole nitrogens is 1. The second-order valence-corrected chi connectivity index (χ2v) is 4.21. The van der Waals surface area contributed by atoms with Crippen LogP contribution in [-0.2, 0) is 4.79 Å². The summed E-state index contributed by atoms with van der Waals surface area (Å²) in [6, 6.07) is 0. The van der Waals surface area contributed by atoms with Gasteiger partial charge in [-0.1, -0.05) is 0 Å². The number of aromatic nitrogens is 3. The molecule has 0 radical (unpaired) electrons. The first-order chi connectivity index (χ1) is 8.16. The Bertz CT molecular complexity index is 404. The number of carbonyl (C=O) groups is 2. The number of aromatic amines is 1. The smallest absolute Gasteiger partial charge is 0.303 e. The fraction of sp³-hybridized carbons (Fsp3) is 0.600. The summed E-state index contributed by atoms with van der Waals surface area (Å²) >= 11 is 0. The van der Waals surface area contributed by atoms with E-state index in [9.17, 15) is 9.59 Å². The van der Waals surface area contributed by atoms with Crippen molar-refractivity contribution < 1.29 is 14.7 Å². The third-order valence-electron chi connectivity index (χ3n) is 2.90. The van der Waals surface area contributed by atoms with Gasteiger partial charge in [-0.2, -0.15) is 15.4 Å². The average Bonchev–Trinajstić information content (AvgIpc) is 2.81. The molecular weight excluding hydrogens is 224 g/mol. The summed E-state index contributed by atoms with van der Waals surface area (Å²) in [5.41, 5.74) is 0.279. The summed E-state index contributed by atoms with van der Waals surface area (Å²) in [5, 5.41) is 18.5. The van der Waals surface area contributed by atoms with Gasteiger partial charge >= 0.3 is 5.97 Å². The van der Waals surface area contributed by atoms with Crippen LogP contribution in [-0.4, -0.2) is 50.4 Å². The van der Waals surface area contributed by atoms with Gasteiger partial charge in [-0.3, -0.25) is 9.59 Å². The van der Waals surface area contributed by atoms with E-state index in [-0.39, 0.29) is 23.9 Å². The first-order valence-electron chi connectivity index (χ1n) is 5.53. The Morgan fingerprint density at radius 3 is 3.06 bits per heavy atom. The molecule has 1 fully saturated rings. The molecule has 1 aromatic rings. The molecule has 1 aliphatic rings. The quantitative estimate of drug-likeness (QED) is 0.779. The summed E-state index contributed by atoms with van der Waals surface area (Å²) in [5.74, 6) is -0.961. The molecule has 0 aromatic carbocycles. The van der Waals surface area contributed by atoms with E-state index in [1.165, 1.54) is 6.20 Å². The molecule has 17 heavy (non-hydrogen) atoms. The normalized spacial score (nSPS) is 20.2. The number of nitrogens with one attached hydrogen (secondary N) is 1. The molecule has 1 atom stereocenters. The van der Waals surface area contributed by atoms with E-state index in [1.54, 1.807) is 4.90 Å². The van der Waals surface area contributed by atoms with Crippen LogP contribution >= 0.6 is 0 Å². The number of likely N-dealkylation sites (tertiary alicyclic amines) is 1. The molecule has 1 saturated heterocycles. The molecule has 0 saturated carbocycles. The van der Waals surface area contributed by atoms with Gasteiger partial charge in [-0.15, -0.1) is 0 Å². The van der Waals surface area contributed by atoms with Crippen molar-refractivity contribution in [3.05, 3.63) is 11.9 Å². The van der Waals surface area contributed by atoms with E-state index in [0.29, 0.717) is 13.1 Å². The summed E-state index contributed by atoms with van der Waals surface area (Å²) < 4.78 is 0. The lowest BCUT2D eigenvalue weighted by Gasteiger charge is -2.31. The Kier molecular flexibility index (Phi) is 3.36. The molecule has 2 rings (SSSR count). The summed E-state index contributed by atoms with van der Waals surface area (Å²) in [7, 11) is 0. The molecule has 0 aliphatic carbocycles. The fourth-order valence-corrected chi connectivity index (χ4v) is 2.13. The van der Waals surface area contributed by atoms with Crippen molar-refractivity contribution in [3.63, 3.8) is 0 Å². The molecule has 0 spiro atoms. The summed E-state index contributed by atoms with van der Waals surface area (Å²) in [6.07, 6.45) is 3.18. The first kappa shape index (κ1) is 11.6. The lowest BCUT2D eigenvalue weighted by Crippen LogP contribution is -2.40. The summed E-state index contributed by atoms with van der Waals surface area (Å²) in [6.45, 7) is 1.14. The second-order valence-electron chi connectivity index (χ2n) is 4.21. The standard InChI is InChI=1S/C10H14N4O3/c15-9(16)4-7-2-1-3-14(6-7)10(17)8-5-11-13-12-8/h5,7H,1-4,6H2,(H,15,16)(H,11,12,13). The number of rotatable bonds is 3. The molecule has 7 heteroatoms. The van der Waals surface area contributed by atoms with E-state index in [0.717, 1.165) is 12.8 Å². The highest BCUT2D eigenvalue weighted by atomic mass is 16.4. The van der Waals surface area contributed by atoms with Crippen molar-refractivity contribution in [1.82, 2.24) is 20.3 Å². The predicted molar refractivity (Wildman–Crippen MR) is 57.3 cm³/mol. The van der Waals surface area contributed by atoms with E-state index < -0.39 is 5.97 Å². The van der Waals surface area contributed by atoms with Crippen molar-refractivity contribution >= 4 is 11.9 Å². The van der Waals surface area contributed by atoms with Crippen molar-refractivity contribution in [2.45, 2.75) is 19.3 Å². The Balaban J connectivity index is 1.97. The maximum absolute atomic E-state index is 11.9. The number of hydrogen-bond donors (Lipinski definition) is 2. The van der Waals surface area contributed by atoms with Crippen LogP contribution in [0.1, 0.15) is 29.8 Å². The third kappa shape index (κ3) is 2.80. The van der Waals surface area contributed by atoms with Gasteiger partial charge in [0.15, 0.2) is 5.69 Å². The number of carboxylic acid groups (broad SMARTS) is 1. The van der Waals surface area contributed by atoms with Crippen LogP contribution in [0.3, 0.4) is 0 Å². The van der Waals surface area contributed by atoms with Crippen LogP contribution in [0.25, 0.3) is 0 Å². The van der Waals surface area contributed by atoms with Crippen LogP contribution in [0.2, 0.25) is 0 Å². The predicted octanol–water partition coefficient (Wildman–Crippen LogP) is 0.132. The molecular formula is C10H14N4O3. The van der Waals surface area contributed by atoms with Gasteiger partial charge < -0.3 is 10.0 Å². The van der Waals surface area contributed by atoms with Crippen LogP contribution < -0.4 is 0 Å². The molecule has 2 heterocycles. The topological polar surface area (TPSA) is 99.2 Å². The van der Waals surface area contributed by atoms with Gasteiger partial charge in [-0.05, 0) is 18.8 Å². The number of amides is 1. The molecule has 2 N–H and O–H groups in total. The number of carbonyl (C=O) groups excluding carboxylic acids is 1. The third-order valence-corrected chi connectivity index (χ3v) is 2.90. The number of carboxylic acids is 1. The van der Waals surface area contributed by atoms with Crippen LogP contribution in [0.5, 0.6) is 0 Å². The Hall–Kier alpha value is -1.92. The average molecular weight is 238 g/mol. The largest absolute Gasteiger partial charge is 0.481 e. The van der Waals surface area contributed by atoms with Gasteiger partial charge in [0.05, 0.1) is 6.20 Å². The highest BCUT2D eigenvalue weighted by Crippen LogP contribution is 2.20. The van der Waals surface area contributed by atoms with Crippen LogP contribution in [0.4, 0.5) is 0 Å². The molecule has 92 valence electrons. The van der Waals surface area contributed by atoms with E-state index in [2.05, 4.69) is 15.4 Å². The van der Waals surface area contributed by atoms with Crippen molar-refractivity contribution in [2.75, 3.05) is 13.1 Å². The van der Waals surface area contributed by atoms with Crippen molar-refractivity contribution in [3.8, 4) is 0 Å². The minimum absolute atomic E-state index is 0.0390. The first-order valence-corrected chi connectivity index (χ1v) is 5.53. The molecule has 0 bridgehead atoms. The van der Waals surface area contributed by atoms with E-state index in [1.807, 2.05) is 0 Å². The summed E-state index contributed by atoms with van der Waals surface area (Å²) in [4.78, 5) is 24.2. The number of hydrogen-bond acceptors (Lipinski definition) is 4. The van der Waals surface area contributed by atoms with Crippen molar-refractivity contribution in [1.29, 1.82) is 0 Å². The molecule has 1 aromatic heterocycles. The second kappa shape index (κ2) is 4.94. The zero-order valence-corrected chi connectivity index (χ0v) is 9.30. The van der Waals surface area contributed by atoms with Gasteiger partial charge in [0.1, 0.15) is 0 Å². The fourth-order valence-electron chi connectivity index (χ4n) is 2.13. The Morgan fingerprint density at radius 1 is 1.59 bits per heavy atom. The highest BCUT2D eigenvalue weighted by molar-refractivity contribution is 5.91. The lowest BCUT2D eigenvalue weighted by atomic mass is 9.95. The van der Waals surface area contributed by atoms with Crippen LogP contribution in [0, 0.1) is 5.92 Å². The Labute approximate surface area is 97.8 Å². The monoisotopic (exact) mass is 238 g/mol. The van der Waals surface area contributed by atoms with Gasteiger partial charge in [0.25, 0.3) is 5.91 Å². The zero-order chi connectivity index (χ0) is 12.3.